The monoisotopic (exact) mass is 320 g/mol. The molecule has 1 saturated heterocycles. The van der Waals surface area contributed by atoms with E-state index in [1.165, 1.54) is 17.0 Å². The largest absolute Gasteiger partial charge is 0.337 e. The quantitative estimate of drug-likeness (QED) is 0.893. The van der Waals surface area contributed by atoms with Gasteiger partial charge in [0.15, 0.2) is 0 Å². The van der Waals surface area contributed by atoms with Crippen molar-refractivity contribution in [3.8, 4) is 0 Å². The Kier molecular flexibility index (Phi) is 4.31. The first-order valence-corrected chi connectivity index (χ1v) is 8.03. The summed E-state index contributed by atoms with van der Waals surface area (Å²) in [5.41, 5.74) is 0.228. The summed E-state index contributed by atoms with van der Waals surface area (Å²) < 4.78 is 35.8. The lowest BCUT2D eigenvalue weighted by Gasteiger charge is -2.31. The molecule has 0 bridgehead atoms. The maximum Gasteiger partial charge on any atom is 0.253 e. The van der Waals surface area contributed by atoms with Gasteiger partial charge in [-0.3, -0.25) is 4.79 Å². The van der Waals surface area contributed by atoms with Gasteiger partial charge in [-0.2, -0.15) is 0 Å². The Balaban J connectivity index is 2.18. The fourth-order valence-corrected chi connectivity index (χ4v) is 3.27. The smallest absolute Gasteiger partial charge is 0.253 e. The summed E-state index contributed by atoms with van der Waals surface area (Å²) in [6.45, 7) is 0.493. The average Bonchev–Trinajstić information content (AvgIpc) is 2.40. The fourth-order valence-electron chi connectivity index (χ4n) is 2.20. The summed E-state index contributed by atoms with van der Waals surface area (Å²) in [6, 6.07) is 3.67. The number of benzene rings is 1. The number of nitrogens with zero attached hydrogens (tertiary/aromatic N) is 1. The van der Waals surface area contributed by atoms with Crippen molar-refractivity contribution < 1.29 is 17.6 Å². The summed E-state index contributed by atoms with van der Waals surface area (Å²) in [5, 5.41) is 4.22. The number of nitrogens with two attached hydrogens (primary N) is 1. The number of sulfonamides is 1. The highest BCUT2D eigenvalue weighted by Crippen LogP contribution is 2.20. The zero-order chi connectivity index (χ0) is 14.9. The highest BCUT2D eigenvalue weighted by molar-refractivity contribution is 7.89. The normalized spacial score (nSPS) is 19.9. The summed E-state index contributed by atoms with van der Waals surface area (Å²) in [4.78, 5) is 13.6. The molecule has 8 heteroatoms. The van der Waals surface area contributed by atoms with Crippen LogP contribution in [0.1, 0.15) is 23.2 Å². The van der Waals surface area contributed by atoms with Gasteiger partial charge >= 0.3 is 0 Å². The van der Waals surface area contributed by atoms with E-state index in [0.717, 1.165) is 6.07 Å². The first-order valence-electron chi connectivity index (χ1n) is 6.05. The fraction of sp³-hybridized carbons (Fsp3) is 0.417. The SMILES string of the molecule is NS(=O)(=O)C1CCCN(C(=O)c2ccc(F)c(Cl)c2)C1. The second-order valence-electron chi connectivity index (χ2n) is 4.73. The Morgan fingerprint density at radius 2 is 2.15 bits per heavy atom. The van der Waals surface area contributed by atoms with E-state index in [4.69, 9.17) is 16.7 Å². The first-order chi connectivity index (χ1) is 9.29. The molecule has 1 aliphatic rings. The molecule has 2 N–H and O–H groups in total. The van der Waals surface area contributed by atoms with Crippen molar-refractivity contribution in [1.29, 1.82) is 0 Å². The number of hydrogen-bond donors (Lipinski definition) is 1. The van der Waals surface area contributed by atoms with E-state index >= 15 is 0 Å². The number of primary sulfonamides is 1. The van der Waals surface area contributed by atoms with Crippen LogP contribution in [0.4, 0.5) is 4.39 Å². The van der Waals surface area contributed by atoms with Gasteiger partial charge < -0.3 is 4.90 Å². The van der Waals surface area contributed by atoms with E-state index < -0.39 is 21.1 Å². The predicted octanol–water partition coefficient (Wildman–Crippen LogP) is 1.37. The lowest BCUT2D eigenvalue weighted by atomic mass is 10.1. The predicted molar refractivity (Wildman–Crippen MR) is 73.4 cm³/mol. The van der Waals surface area contributed by atoms with Crippen molar-refractivity contribution in [1.82, 2.24) is 4.90 Å². The average molecular weight is 321 g/mol. The molecule has 0 radical (unpaired) electrons. The Hall–Kier alpha value is -1.18. The second-order valence-corrected chi connectivity index (χ2v) is 6.99. The number of rotatable bonds is 2. The number of piperidine rings is 1. The molecule has 1 unspecified atom stereocenters. The van der Waals surface area contributed by atoms with E-state index in [-0.39, 0.29) is 23.0 Å². The third-order valence-electron chi connectivity index (χ3n) is 3.30. The van der Waals surface area contributed by atoms with Crippen LogP contribution in [0.5, 0.6) is 0 Å². The van der Waals surface area contributed by atoms with Crippen LogP contribution in [-0.4, -0.2) is 37.6 Å². The summed E-state index contributed by atoms with van der Waals surface area (Å²) in [7, 11) is -3.67. The molecule has 0 aromatic heterocycles. The maximum atomic E-state index is 13.1. The molecule has 1 aliphatic heterocycles. The molecular weight excluding hydrogens is 307 g/mol. The van der Waals surface area contributed by atoms with E-state index in [9.17, 15) is 17.6 Å². The van der Waals surface area contributed by atoms with Gasteiger partial charge in [-0.15, -0.1) is 0 Å². The zero-order valence-corrected chi connectivity index (χ0v) is 12.1. The van der Waals surface area contributed by atoms with Gasteiger partial charge in [-0.1, -0.05) is 11.6 Å². The summed E-state index contributed by atoms with van der Waals surface area (Å²) >= 11 is 5.64. The van der Waals surface area contributed by atoms with Gasteiger partial charge in [0.25, 0.3) is 5.91 Å². The van der Waals surface area contributed by atoms with Gasteiger partial charge in [-0.25, -0.2) is 17.9 Å². The van der Waals surface area contributed by atoms with E-state index in [1.807, 2.05) is 0 Å². The van der Waals surface area contributed by atoms with Gasteiger partial charge in [0.2, 0.25) is 10.0 Å². The molecule has 1 aromatic carbocycles. The highest BCUT2D eigenvalue weighted by atomic mass is 35.5. The van der Waals surface area contributed by atoms with Crippen LogP contribution in [0, 0.1) is 5.82 Å². The standard InChI is InChI=1S/C12H14ClFN2O3S/c13-10-6-8(3-4-11(10)14)12(17)16-5-1-2-9(7-16)20(15,18)19/h3-4,6,9H,1-2,5,7H2,(H2,15,18,19). The molecule has 5 nitrogen and oxygen atoms in total. The minimum atomic E-state index is -3.67. The molecule has 1 aromatic rings. The van der Waals surface area contributed by atoms with E-state index in [0.29, 0.717) is 19.4 Å². The maximum absolute atomic E-state index is 13.1. The van der Waals surface area contributed by atoms with E-state index in [1.54, 1.807) is 0 Å². The molecule has 2 rings (SSSR count). The minimum Gasteiger partial charge on any atom is -0.337 e. The molecule has 1 amide bonds. The number of amides is 1. The second kappa shape index (κ2) is 5.67. The lowest BCUT2D eigenvalue weighted by Crippen LogP contribution is -2.47. The van der Waals surface area contributed by atoms with Gasteiger partial charge in [0.1, 0.15) is 5.82 Å². The summed E-state index contributed by atoms with van der Waals surface area (Å²) in [5.74, 6) is -0.982. The molecule has 0 saturated carbocycles. The van der Waals surface area contributed by atoms with Gasteiger partial charge in [0, 0.05) is 18.7 Å². The van der Waals surface area contributed by atoms with Crippen LogP contribution in [0.3, 0.4) is 0 Å². The molecule has 0 spiro atoms. The first kappa shape index (κ1) is 15.2. The molecule has 0 aliphatic carbocycles. The van der Waals surface area contributed by atoms with Crippen molar-refractivity contribution in [2.75, 3.05) is 13.1 Å². The Morgan fingerprint density at radius 3 is 2.75 bits per heavy atom. The number of likely N-dealkylation sites (tertiary alicyclic amines) is 1. The summed E-state index contributed by atoms with van der Waals surface area (Å²) in [6.07, 6.45) is 0.995. The number of halogens is 2. The molecule has 110 valence electrons. The Morgan fingerprint density at radius 1 is 1.45 bits per heavy atom. The van der Waals surface area contributed by atoms with Crippen LogP contribution in [-0.2, 0) is 10.0 Å². The number of hydrogen-bond acceptors (Lipinski definition) is 3. The van der Waals surface area contributed by atoms with Gasteiger partial charge in [-0.05, 0) is 31.0 Å². The van der Waals surface area contributed by atoms with Crippen LogP contribution in [0.15, 0.2) is 18.2 Å². The van der Waals surface area contributed by atoms with Crippen molar-refractivity contribution in [3.63, 3.8) is 0 Å². The Labute approximate surface area is 121 Å². The molecule has 1 heterocycles. The topological polar surface area (TPSA) is 80.5 Å². The third-order valence-corrected chi connectivity index (χ3v) is 4.90. The van der Waals surface area contributed by atoms with Crippen molar-refractivity contribution >= 4 is 27.5 Å². The van der Waals surface area contributed by atoms with Crippen LogP contribution < -0.4 is 5.14 Å². The highest BCUT2D eigenvalue weighted by Gasteiger charge is 2.30. The minimum absolute atomic E-state index is 0.0483. The lowest BCUT2D eigenvalue weighted by molar-refractivity contribution is 0.0727. The number of carbonyl (C=O) groups is 1. The van der Waals surface area contributed by atoms with E-state index in [2.05, 4.69) is 0 Å². The molecule has 20 heavy (non-hydrogen) atoms. The zero-order valence-electron chi connectivity index (χ0n) is 10.6. The van der Waals surface area contributed by atoms with Gasteiger partial charge in [0.05, 0.1) is 10.3 Å². The molecule has 1 atom stereocenters. The van der Waals surface area contributed by atoms with Crippen molar-refractivity contribution in [2.24, 2.45) is 5.14 Å². The Bertz CT molecular complexity index is 636. The van der Waals surface area contributed by atoms with Crippen molar-refractivity contribution in [3.05, 3.63) is 34.6 Å². The van der Waals surface area contributed by atoms with Crippen LogP contribution in [0.2, 0.25) is 5.02 Å². The van der Waals surface area contributed by atoms with Crippen LogP contribution in [0.25, 0.3) is 0 Å². The third kappa shape index (κ3) is 3.28. The molecule has 1 fully saturated rings. The number of carbonyl (C=O) groups excluding carboxylic acids is 1. The molecular formula is C12H14ClFN2O3S. The van der Waals surface area contributed by atoms with Crippen molar-refractivity contribution in [2.45, 2.75) is 18.1 Å². The van der Waals surface area contributed by atoms with Crippen LogP contribution >= 0.6 is 11.6 Å².